The third-order valence-corrected chi connectivity index (χ3v) is 2.47. The number of hydrogen-bond donors (Lipinski definition) is 3. The van der Waals surface area contributed by atoms with E-state index in [1.165, 1.54) is 0 Å². The molecule has 0 unspecified atom stereocenters. The van der Waals surface area contributed by atoms with Crippen molar-refractivity contribution in [2.75, 3.05) is 0 Å². The van der Waals surface area contributed by atoms with Crippen molar-refractivity contribution in [3.05, 3.63) is 22.2 Å². The number of guanidine groups is 1. The number of aliphatic imine (C=N–C) groups is 1. The third kappa shape index (κ3) is 2.49. The van der Waals surface area contributed by atoms with Crippen LogP contribution in [0.2, 0.25) is 10.0 Å². The second-order valence-electron chi connectivity index (χ2n) is 2.88. The monoisotopic (exact) mass is 279 g/mol. The van der Waals surface area contributed by atoms with Crippen LogP contribution in [0.5, 0.6) is 0 Å². The SMILES string of the molecule is Cl.NC(N)=Nc1nc2cc(Cl)c(Cl)cc2[nH]1. The number of H-pyrrole nitrogens is 1. The van der Waals surface area contributed by atoms with Gasteiger partial charge in [0, 0.05) is 0 Å². The van der Waals surface area contributed by atoms with Gasteiger partial charge in [0.2, 0.25) is 5.95 Å². The van der Waals surface area contributed by atoms with Gasteiger partial charge in [-0.2, -0.15) is 4.99 Å². The van der Waals surface area contributed by atoms with Crippen LogP contribution in [0.25, 0.3) is 11.0 Å². The van der Waals surface area contributed by atoms with Gasteiger partial charge in [0.25, 0.3) is 0 Å². The lowest BCUT2D eigenvalue weighted by Crippen LogP contribution is -2.22. The van der Waals surface area contributed by atoms with E-state index in [1.807, 2.05) is 0 Å². The molecule has 0 aliphatic carbocycles. The summed E-state index contributed by atoms with van der Waals surface area (Å²) in [6, 6.07) is 3.30. The van der Waals surface area contributed by atoms with Crippen molar-refractivity contribution in [3.63, 3.8) is 0 Å². The number of rotatable bonds is 1. The number of imidazole rings is 1. The summed E-state index contributed by atoms with van der Waals surface area (Å²) in [5.74, 6) is 0.259. The van der Waals surface area contributed by atoms with Crippen LogP contribution in [0.1, 0.15) is 0 Å². The van der Waals surface area contributed by atoms with Crippen molar-refractivity contribution in [1.82, 2.24) is 9.97 Å². The first-order chi connectivity index (χ1) is 7.06. The van der Waals surface area contributed by atoms with E-state index in [0.717, 1.165) is 5.52 Å². The molecule has 86 valence electrons. The molecule has 5 nitrogen and oxygen atoms in total. The predicted molar refractivity (Wildman–Crippen MR) is 68.8 cm³/mol. The summed E-state index contributed by atoms with van der Waals surface area (Å²) in [7, 11) is 0. The van der Waals surface area contributed by atoms with Crippen molar-refractivity contribution in [2.45, 2.75) is 0 Å². The molecule has 1 aromatic carbocycles. The van der Waals surface area contributed by atoms with E-state index < -0.39 is 0 Å². The minimum absolute atomic E-state index is 0. The van der Waals surface area contributed by atoms with E-state index in [0.29, 0.717) is 21.5 Å². The standard InChI is InChI=1S/C8H7Cl2N5.ClH/c9-3-1-5-6(2-4(3)10)14-8(13-5)15-7(11)12;/h1-2H,(H5,11,12,13,14,15);1H. The molecule has 0 radical (unpaired) electrons. The molecule has 8 heteroatoms. The summed E-state index contributed by atoms with van der Waals surface area (Å²) < 4.78 is 0. The molecule has 0 amide bonds. The van der Waals surface area contributed by atoms with Crippen molar-refractivity contribution in [2.24, 2.45) is 16.5 Å². The number of halogens is 3. The number of nitrogens with zero attached hydrogens (tertiary/aromatic N) is 2. The van der Waals surface area contributed by atoms with Gasteiger partial charge in [-0.15, -0.1) is 12.4 Å². The quantitative estimate of drug-likeness (QED) is 0.552. The highest BCUT2D eigenvalue weighted by Gasteiger charge is 2.05. The fourth-order valence-corrected chi connectivity index (χ4v) is 1.49. The van der Waals surface area contributed by atoms with Gasteiger partial charge in [-0.1, -0.05) is 23.2 Å². The van der Waals surface area contributed by atoms with Gasteiger partial charge >= 0.3 is 0 Å². The minimum Gasteiger partial charge on any atom is -0.370 e. The van der Waals surface area contributed by atoms with Crippen LogP contribution in [-0.4, -0.2) is 15.9 Å². The fraction of sp³-hybridized carbons (Fsp3) is 0. The van der Waals surface area contributed by atoms with Gasteiger partial charge in [0.15, 0.2) is 5.96 Å². The summed E-state index contributed by atoms with van der Waals surface area (Å²) in [5, 5.41) is 0.885. The van der Waals surface area contributed by atoms with Crippen LogP contribution in [0.3, 0.4) is 0 Å². The summed E-state index contributed by atoms with van der Waals surface area (Å²) in [4.78, 5) is 10.8. The minimum atomic E-state index is -0.0637. The number of nitrogens with one attached hydrogen (secondary N) is 1. The van der Waals surface area contributed by atoms with Crippen LogP contribution in [0.15, 0.2) is 17.1 Å². The van der Waals surface area contributed by atoms with E-state index in [-0.39, 0.29) is 18.4 Å². The Kier molecular flexibility index (Phi) is 3.85. The first-order valence-electron chi connectivity index (χ1n) is 4.00. The highest BCUT2D eigenvalue weighted by atomic mass is 35.5. The Morgan fingerprint density at radius 1 is 1.25 bits per heavy atom. The van der Waals surface area contributed by atoms with Crippen LogP contribution < -0.4 is 11.5 Å². The van der Waals surface area contributed by atoms with Gasteiger partial charge in [0.1, 0.15) is 0 Å². The van der Waals surface area contributed by atoms with Gasteiger partial charge in [0.05, 0.1) is 21.1 Å². The molecule has 0 saturated heterocycles. The zero-order valence-electron chi connectivity index (χ0n) is 7.87. The van der Waals surface area contributed by atoms with Gasteiger partial charge in [-0.25, -0.2) is 4.98 Å². The highest BCUT2D eigenvalue weighted by Crippen LogP contribution is 2.27. The van der Waals surface area contributed by atoms with Crippen LogP contribution in [-0.2, 0) is 0 Å². The number of aromatic nitrogens is 2. The molecule has 16 heavy (non-hydrogen) atoms. The lowest BCUT2D eigenvalue weighted by atomic mass is 10.3. The molecule has 2 rings (SSSR count). The van der Waals surface area contributed by atoms with E-state index >= 15 is 0 Å². The Morgan fingerprint density at radius 3 is 2.50 bits per heavy atom. The van der Waals surface area contributed by atoms with Crippen molar-refractivity contribution in [3.8, 4) is 0 Å². The van der Waals surface area contributed by atoms with E-state index in [9.17, 15) is 0 Å². The van der Waals surface area contributed by atoms with E-state index in [2.05, 4.69) is 15.0 Å². The molecule has 2 aromatic rings. The molecule has 0 aliphatic heterocycles. The molecule has 0 atom stereocenters. The summed E-state index contributed by atoms with van der Waals surface area (Å²) in [6.45, 7) is 0. The molecule has 5 N–H and O–H groups in total. The third-order valence-electron chi connectivity index (χ3n) is 1.75. The van der Waals surface area contributed by atoms with Crippen molar-refractivity contribution < 1.29 is 0 Å². The maximum atomic E-state index is 5.84. The van der Waals surface area contributed by atoms with Gasteiger partial charge in [-0.05, 0) is 12.1 Å². The Morgan fingerprint density at radius 2 is 1.88 bits per heavy atom. The smallest absolute Gasteiger partial charge is 0.231 e. The van der Waals surface area contributed by atoms with E-state index in [4.69, 9.17) is 34.7 Å². The lowest BCUT2D eigenvalue weighted by molar-refractivity contribution is 1.24. The topological polar surface area (TPSA) is 93.1 Å². The molecule has 1 aromatic heterocycles. The number of nitrogens with two attached hydrogens (primary N) is 2. The first kappa shape index (κ1) is 12.9. The number of fused-ring (bicyclic) bond motifs is 1. The maximum Gasteiger partial charge on any atom is 0.231 e. The number of benzene rings is 1. The van der Waals surface area contributed by atoms with Crippen molar-refractivity contribution in [1.29, 1.82) is 0 Å². The molecule has 0 spiro atoms. The first-order valence-corrected chi connectivity index (χ1v) is 4.76. The Hall–Kier alpha value is -1.17. The fourth-order valence-electron chi connectivity index (χ4n) is 1.17. The largest absolute Gasteiger partial charge is 0.370 e. The molecule has 0 bridgehead atoms. The Bertz CT molecular complexity index is 505. The van der Waals surface area contributed by atoms with Crippen molar-refractivity contribution >= 4 is 58.6 Å². The Labute approximate surface area is 107 Å². The predicted octanol–water partition coefficient (Wildman–Crippen LogP) is 2.20. The molecule has 0 fully saturated rings. The zero-order chi connectivity index (χ0) is 11.0. The summed E-state index contributed by atoms with van der Waals surface area (Å²) >= 11 is 11.7. The zero-order valence-corrected chi connectivity index (χ0v) is 10.2. The second-order valence-corrected chi connectivity index (χ2v) is 3.69. The van der Waals surface area contributed by atoms with Gasteiger partial charge < -0.3 is 16.5 Å². The normalized spacial score (nSPS) is 9.88. The van der Waals surface area contributed by atoms with E-state index in [1.54, 1.807) is 12.1 Å². The van der Waals surface area contributed by atoms with Crippen LogP contribution >= 0.6 is 35.6 Å². The average Bonchev–Trinajstić information content (AvgIpc) is 2.46. The molecular formula is C8H8Cl3N5. The number of hydrogen-bond acceptors (Lipinski definition) is 2. The second kappa shape index (κ2) is 4.78. The van der Waals surface area contributed by atoms with Crippen LogP contribution in [0.4, 0.5) is 5.95 Å². The average molecular weight is 281 g/mol. The summed E-state index contributed by atoms with van der Waals surface area (Å²) in [6.07, 6.45) is 0. The molecule has 1 heterocycles. The number of aromatic amines is 1. The van der Waals surface area contributed by atoms with Crippen LogP contribution in [0, 0.1) is 0 Å². The Balaban J connectivity index is 0.00000128. The summed E-state index contributed by atoms with van der Waals surface area (Å²) in [5.41, 5.74) is 11.8. The maximum absolute atomic E-state index is 5.84. The highest BCUT2D eigenvalue weighted by molar-refractivity contribution is 6.42. The molecular weight excluding hydrogens is 272 g/mol. The lowest BCUT2D eigenvalue weighted by Gasteiger charge is -1.92. The molecule has 0 saturated carbocycles. The van der Waals surface area contributed by atoms with Gasteiger partial charge in [-0.3, -0.25) is 0 Å². The molecule has 0 aliphatic rings.